The molecule has 4 N–H and O–H groups in total. The third-order valence-corrected chi connectivity index (χ3v) is 15.9. The molecule has 3 aliphatic heterocycles. The number of aryl methyl sites for hydroxylation is 2. The van der Waals surface area contributed by atoms with E-state index in [-0.39, 0.29) is 72.8 Å². The summed E-state index contributed by atoms with van der Waals surface area (Å²) in [5, 5.41) is 38.8. The van der Waals surface area contributed by atoms with Crippen molar-refractivity contribution >= 4 is 35.0 Å². The van der Waals surface area contributed by atoms with Crippen LogP contribution in [-0.2, 0) is 25.5 Å². The highest BCUT2D eigenvalue weighted by Crippen LogP contribution is 2.55. The number of aliphatic hydroxyl groups excluding tert-OH is 1. The Balaban J connectivity index is 0.759. The molecule has 3 aromatic carbocycles. The molecule has 4 heterocycles. The van der Waals surface area contributed by atoms with Crippen molar-refractivity contribution < 1.29 is 33.8 Å². The molecule has 4 atom stereocenters. The fourth-order valence-electron chi connectivity index (χ4n) is 11.1. The quantitative estimate of drug-likeness (QED) is 0.110. The first-order valence-corrected chi connectivity index (χ1v) is 25.5. The number of hydrogen-bond donors (Lipinski definition) is 4. The van der Waals surface area contributed by atoms with Gasteiger partial charge in [0, 0.05) is 67.5 Å². The molecule has 3 saturated heterocycles. The van der Waals surface area contributed by atoms with E-state index >= 15 is 0 Å². The van der Waals surface area contributed by atoms with Gasteiger partial charge in [0.1, 0.15) is 36.1 Å². The van der Waals surface area contributed by atoms with Gasteiger partial charge in [0.15, 0.2) is 0 Å². The number of benzene rings is 3. The Morgan fingerprint density at radius 2 is 1.59 bits per heavy atom. The van der Waals surface area contributed by atoms with Crippen LogP contribution in [0.25, 0.3) is 10.4 Å². The van der Waals surface area contributed by atoms with Gasteiger partial charge in [0.25, 0.3) is 5.91 Å². The summed E-state index contributed by atoms with van der Waals surface area (Å²) in [5.41, 5.74) is 6.23. The maximum absolute atomic E-state index is 14.2. The highest BCUT2D eigenvalue weighted by Gasteiger charge is 2.64. The van der Waals surface area contributed by atoms with Gasteiger partial charge >= 0.3 is 0 Å². The predicted molar refractivity (Wildman–Crippen MR) is 268 cm³/mol. The molecule has 17 heteroatoms. The summed E-state index contributed by atoms with van der Waals surface area (Å²) in [6.07, 6.45) is 0.792. The number of β-amino-alcohol motifs (C(OH)–C–C–N with tert-alkyl or cyclic N) is 1. The predicted octanol–water partition coefficient (Wildman–Crippen LogP) is 4.99. The number of aliphatic hydroxyl groups is 1. The molecule has 0 bridgehead atoms. The van der Waals surface area contributed by atoms with Crippen molar-refractivity contribution in [3.63, 3.8) is 0 Å². The fourth-order valence-corrected chi connectivity index (χ4v) is 11.9. The van der Waals surface area contributed by atoms with Crippen molar-refractivity contribution in [1.29, 1.82) is 10.5 Å². The first kappa shape index (κ1) is 51.2. The van der Waals surface area contributed by atoms with Gasteiger partial charge in [0.05, 0.1) is 59.1 Å². The zero-order chi connectivity index (χ0) is 50.6. The van der Waals surface area contributed by atoms with Crippen LogP contribution in [0.15, 0.2) is 72.2 Å². The van der Waals surface area contributed by atoms with E-state index in [1.54, 1.807) is 29.5 Å². The number of nitrogens with zero attached hydrogens (tertiary/aromatic N) is 6. The molecule has 1 aliphatic carbocycles. The summed E-state index contributed by atoms with van der Waals surface area (Å²) < 4.78 is 11.8. The van der Waals surface area contributed by atoms with Gasteiger partial charge in [-0.15, -0.1) is 11.3 Å². The Bertz CT molecular complexity index is 2650. The van der Waals surface area contributed by atoms with E-state index in [2.05, 4.69) is 64.5 Å². The Morgan fingerprint density at radius 3 is 2.21 bits per heavy atom. The smallest absolute Gasteiger partial charge is 0.251 e. The zero-order valence-corrected chi connectivity index (χ0v) is 42.3. The van der Waals surface area contributed by atoms with Crippen molar-refractivity contribution in [3.8, 4) is 28.3 Å². The standard InChI is InChI=1S/C54H65N9O7S/c1-33(36-13-15-37(16-14-36)47-34(2)57-32-71-47)58-49(67)44-25-42(64)28-63(44)50(68)46(41-30-69-31-41)59-45(65)29-62-22-20-61(21-23-62)19-7-8-35-9-11-38(12-10-35)48(66)60-51-53(3,4)52(54(51,5)6)70-43-18-17-39(26-55)40(24-43)27-56/h9-18,24,32-33,41-42,44,46,51-52,64H,7-8,19-23,25,28-31H2,1-6H3,(H,58,67)(H,59,65)(H,60,66)/t33-,42+,44-,46?,51?,52?/m0/s1. The van der Waals surface area contributed by atoms with Crippen molar-refractivity contribution in [3.05, 3.63) is 106 Å². The average Bonchev–Trinajstić information content (AvgIpc) is 3.96. The molecule has 4 aromatic rings. The minimum absolute atomic E-state index is 0.00514. The highest BCUT2D eigenvalue weighted by atomic mass is 32.1. The lowest BCUT2D eigenvalue weighted by Gasteiger charge is -2.63. The second-order valence-electron chi connectivity index (χ2n) is 20.8. The van der Waals surface area contributed by atoms with Crippen LogP contribution < -0.4 is 20.7 Å². The van der Waals surface area contributed by atoms with Crippen LogP contribution in [0.3, 0.4) is 0 Å². The Morgan fingerprint density at radius 1 is 0.915 bits per heavy atom. The van der Waals surface area contributed by atoms with Crippen LogP contribution in [0, 0.1) is 46.3 Å². The second-order valence-corrected chi connectivity index (χ2v) is 21.6. The van der Waals surface area contributed by atoms with Crippen molar-refractivity contribution in [1.82, 2.24) is 35.6 Å². The van der Waals surface area contributed by atoms with Gasteiger partial charge in [0.2, 0.25) is 17.7 Å². The third kappa shape index (κ3) is 11.3. The fraction of sp³-hybridized carbons (Fsp3) is 0.500. The van der Waals surface area contributed by atoms with E-state index in [1.165, 1.54) is 4.90 Å². The third-order valence-electron chi connectivity index (χ3n) is 14.9. The lowest BCUT2D eigenvalue weighted by molar-refractivity contribution is -0.164. The molecule has 4 aliphatic rings. The number of amides is 4. The van der Waals surface area contributed by atoms with Crippen LogP contribution in [0.1, 0.15) is 91.8 Å². The lowest BCUT2D eigenvalue weighted by atomic mass is 9.49. The van der Waals surface area contributed by atoms with E-state index in [4.69, 9.17) is 9.47 Å². The number of ether oxygens (including phenoxy) is 2. The molecule has 1 saturated carbocycles. The Kier molecular flexibility index (Phi) is 15.6. The van der Waals surface area contributed by atoms with E-state index < -0.39 is 29.0 Å². The molecule has 4 amide bonds. The van der Waals surface area contributed by atoms with Crippen LogP contribution in [-0.4, -0.2) is 138 Å². The molecule has 0 spiro atoms. The number of rotatable bonds is 17. The molecule has 16 nitrogen and oxygen atoms in total. The summed E-state index contributed by atoms with van der Waals surface area (Å²) in [6.45, 7) is 16.8. The summed E-state index contributed by atoms with van der Waals surface area (Å²) >= 11 is 1.58. The number of likely N-dealkylation sites (tertiary alicyclic amines) is 1. The minimum Gasteiger partial charge on any atom is -0.489 e. The van der Waals surface area contributed by atoms with Gasteiger partial charge in [-0.3, -0.25) is 24.1 Å². The number of carbonyl (C=O) groups is 4. The summed E-state index contributed by atoms with van der Waals surface area (Å²) in [4.78, 5) is 66.3. The first-order chi connectivity index (χ1) is 34.0. The number of nitrogens with one attached hydrogen (secondary N) is 3. The van der Waals surface area contributed by atoms with Gasteiger partial charge < -0.3 is 40.3 Å². The largest absolute Gasteiger partial charge is 0.489 e. The molecule has 0 radical (unpaired) electrons. The Labute approximate surface area is 420 Å². The molecule has 1 unspecified atom stereocenters. The second kappa shape index (κ2) is 21.6. The van der Waals surface area contributed by atoms with Gasteiger partial charge in [-0.05, 0) is 80.3 Å². The number of carbonyl (C=O) groups excluding carboxylic acids is 4. The zero-order valence-electron chi connectivity index (χ0n) is 41.4. The molecule has 1 aromatic heterocycles. The monoisotopic (exact) mass is 983 g/mol. The average molecular weight is 984 g/mol. The molecular weight excluding hydrogens is 919 g/mol. The first-order valence-electron chi connectivity index (χ1n) is 24.6. The number of nitriles is 2. The Hall–Kier alpha value is -6.21. The molecule has 4 fully saturated rings. The van der Waals surface area contributed by atoms with Crippen molar-refractivity contribution in [2.45, 2.75) is 97.2 Å². The van der Waals surface area contributed by atoms with E-state index in [0.29, 0.717) is 43.2 Å². The van der Waals surface area contributed by atoms with Crippen LogP contribution in [0.4, 0.5) is 0 Å². The molecule has 8 rings (SSSR count). The van der Waals surface area contributed by atoms with Gasteiger partial charge in [-0.1, -0.05) is 64.1 Å². The maximum Gasteiger partial charge on any atom is 0.251 e. The van der Waals surface area contributed by atoms with Gasteiger partial charge in [-0.2, -0.15) is 10.5 Å². The van der Waals surface area contributed by atoms with Crippen LogP contribution >= 0.6 is 11.3 Å². The highest BCUT2D eigenvalue weighted by molar-refractivity contribution is 7.13. The number of hydrogen-bond acceptors (Lipinski definition) is 13. The number of aromatic nitrogens is 1. The van der Waals surface area contributed by atoms with Crippen molar-refractivity contribution in [2.24, 2.45) is 16.7 Å². The normalized spacial score (nSPS) is 22.7. The maximum atomic E-state index is 14.2. The summed E-state index contributed by atoms with van der Waals surface area (Å²) in [5.74, 6) is -0.866. The van der Waals surface area contributed by atoms with E-state index in [9.17, 15) is 34.8 Å². The lowest BCUT2D eigenvalue weighted by Crippen LogP contribution is -2.74. The number of thiazole rings is 1. The van der Waals surface area contributed by atoms with E-state index in [1.807, 2.05) is 74.0 Å². The molecule has 71 heavy (non-hydrogen) atoms. The number of piperazine rings is 1. The SMILES string of the molecule is Cc1ncsc1-c1ccc([C@H](C)NC(=O)[C@@H]2C[C@@H](O)CN2C(=O)C(NC(=O)CN2CCN(CCCc3ccc(C(=O)NC4C(C)(C)C(Oc5ccc(C#N)c(C#N)c5)C4(C)C)cc3)CC2)C2COC2)cc1. The summed E-state index contributed by atoms with van der Waals surface area (Å²) in [7, 11) is 0. The van der Waals surface area contributed by atoms with Gasteiger partial charge in [-0.25, -0.2) is 4.98 Å². The van der Waals surface area contributed by atoms with E-state index in [0.717, 1.165) is 59.7 Å². The molecule has 374 valence electrons. The van der Waals surface area contributed by atoms with Crippen LogP contribution in [0.2, 0.25) is 0 Å². The van der Waals surface area contributed by atoms with Crippen molar-refractivity contribution in [2.75, 3.05) is 59.0 Å². The minimum atomic E-state index is -0.877. The van der Waals surface area contributed by atoms with Crippen LogP contribution in [0.5, 0.6) is 5.75 Å². The topological polar surface area (TPSA) is 213 Å². The summed E-state index contributed by atoms with van der Waals surface area (Å²) in [6, 6.07) is 22.4. The molecular formula is C54H65N9O7S.